The molecule has 0 saturated heterocycles. The van der Waals surface area contributed by atoms with E-state index in [9.17, 15) is 9.00 Å². The van der Waals surface area contributed by atoms with E-state index in [1.165, 1.54) is 24.7 Å². The second-order valence-electron chi connectivity index (χ2n) is 4.81. The predicted molar refractivity (Wildman–Crippen MR) is 89.1 cm³/mol. The van der Waals surface area contributed by atoms with Gasteiger partial charge in [0.05, 0.1) is 28.1 Å². The van der Waals surface area contributed by atoms with Gasteiger partial charge in [-0.15, -0.1) is 11.3 Å². The van der Waals surface area contributed by atoms with Crippen LogP contribution in [0.4, 0.5) is 0 Å². The molecule has 6 nitrogen and oxygen atoms in total. The van der Waals surface area contributed by atoms with Crippen molar-refractivity contribution in [1.29, 1.82) is 0 Å². The maximum atomic E-state index is 12.1. The van der Waals surface area contributed by atoms with E-state index in [0.717, 1.165) is 16.0 Å². The van der Waals surface area contributed by atoms with Gasteiger partial charge >= 0.3 is 5.97 Å². The highest BCUT2D eigenvalue weighted by atomic mass is 32.2. The Labute approximate surface area is 139 Å². The molecule has 3 heterocycles. The second-order valence-corrected chi connectivity index (χ2v) is 7.13. The van der Waals surface area contributed by atoms with Crippen LogP contribution in [-0.4, -0.2) is 38.5 Å². The van der Waals surface area contributed by atoms with Crippen molar-refractivity contribution in [3.8, 4) is 11.1 Å². The lowest BCUT2D eigenvalue weighted by atomic mass is 10.1. The average molecular weight is 347 g/mol. The van der Waals surface area contributed by atoms with Crippen molar-refractivity contribution in [2.75, 3.05) is 13.4 Å². The van der Waals surface area contributed by atoms with Crippen LogP contribution >= 0.6 is 11.3 Å². The van der Waals surface area contributed by atoms with E-state index in [1.807, 2.05) is 19.1 Å². The Hall–Kier alpha value is -2.19. The number of ether oxygens (including phenoxy) is 1. The lowest BCUT2D eigenvalue weighted by molar-refractivity contribution is 0.0607. The normalized spacial score (nSPS) is 12.3. The number of rotatable bonds is 3. The number of esters is 1. The van der Waals surface area contributed by atoms with Crippen molar-refractivity contribution >= 4 is 38.3 Å². The van der Waals surface area contributed by atoms with Crippen LogP contribution < -0.4 is 0 Å². The van der Waals surface area contributed by atoms with Crippen LogP contribution in [-0.2, 0) is 15.5 Å². The standard InChI is InChI=1S/C15H13N3O3S2/c1-8-4-5-9(6-16-8)11-12-10(22-13(11)14(19)21-2)7-17-15(18-12)23(3)20/h4-7H,1-3H3. The quantitative estimate of drug-likeness (QED) is 0.535. The number of nitrogens with zero attached hydrogens (tertiary/aromatic N) is 3. The fourth-order valence-corrected chi connectivity index (χ4v) is 3.61. The van der Waals surface area contributed by atoms with Crippen LogP contribution in [0, 0.1) is 6.92 Å². The first-order chi connectivity index (χ1) is 11.0. The van der Waals surface area contributed by atoms with Crippen LogP contribution in [0.2, 0.25) is 0 Å². The van der Waals surface area contributed by atoms with Gasteiger partial charge in [0.2, 0.25) is 5.16 Å². The summed E-state index contributed by atoms with van der Waals surface area (Å²) in [5, 5.41) is 0.230. The fraction of sp³-hybridized carbons (Fsp3) is 0.200. The van der Waals surface area contributed by atoms with Crippen LogP contribution in [0.15, 0.2) is 29.7 Å². The number of aromatic nitrogens is 3. The van der Waals surface area contributed by atoms with Crippen molar-refractivity contribution in [2.24, 2.45) is 0 Å². The monoisotopic (exact) mass is 347 g/mol. The zero-order valence-corrected chi connectivity index (χ0v) is 14.3. The Morgan fingerprint density at radius 2 is 2.04 bits per heavy atom. The summed E-state index contributed by atoms with van der Waals surface area (Å²) < 4.78 is 17.3. The first-order valence-corrected chi connectivity index (χ1v) is 9.03. The molecule has 1 atom stereocenters. The van der Waals surface area contributed by atoms with Crippen molar-refractivity contribution in [1.82, 2.24) is 15.0 Å². The highest BCUT2D eigenvalue weighted by molar-refractivity contribution is 7.84. The Morgan fingerprint density at radius 3 is 2.65 bits per heavy atom. The van der Waals surface area contributed by atoms with Gasteiger partial charge < -0.3 is 4.74 Å². The fourth-order valence-electron chi connectivity index (χ4n) is 2.14. The zero-order chi connectivity index (χ0) is 16.6. The molecule has 0 aliphatic heterocycles. The minimum atomic E-state index is -1.31. The minimum absolute atomic E-state index is 0.230. The Kier molecular flexibility index (Phi) is 4.18. The van der Waals surface area contributed by atoms with Crippen LogP contribution in [0.25, 0.3) is 21.3 Å². The van der Waals surface area contributed by atoms with Gasteiger partial charge in [-0.2, -0.15) is 0 Å². The summed E-state index contributed by atoms with van der Waals surface area (Å²) >= 11 is 1.25. The number of hydrogen-bond acceptors (Lipinski definition) is 7. The first kappa shape index (κ1) is 15.7. The molecule has 0 bridgehead atoms. The summed E-state index contributed by atoms with van der Waals surface area (Å²) in [4.78, 5) is 25.3. The molecule has 0 aliphatic rings. The third-order valence-electron chi connectivity index (χ3n) is 3.24. The maximum absolute atomic E-state index is 12.1. The lowest BCUT2D eigenvalue weighted by Crippen LogP contribution is -2.01. The zero-order valence-electron chi connectivity index (χ0n) is 12.7. The van der Waals surface area contributed by atoms with Gasteiger partial charge in [0.1, 0.15) is 4.88 Å². The molecular formula is C15H13N3O3S2. The Balaban J connectivity index is 2.33. The minimum Gasteiger partial charge on any atom is -0.465 e. The molecule has 3 aromatic heterocycles. The molecule has 8 heteroatoms. The van der Waals surface area contributed by atoms with E-state index in [-0.39, 0.29) is 5.16 Å². The van der Waals surface area contributed by atoms with Gasteiger partial charge in [-0.3, -0.25) is 9.19 Å². The van der Waals surface area contributed by atoms with E-state index >= 15 is 0 Å². The molecule has 0 saturated carbocycles. The summed E-state index contributed by atoms with van der Waals surface area (Å²) in [7, 11) is 0.0295. The number of hydrogen-bond donors (Lipinski definition) is 0. The number of pyridine rings is 1. The number of thiophene rings is 1. The van der Waals surface area contributed by atoms with Gasteiger partial charge in [-0.25, -0.2) is 14.8 Å². The van der Waals surface area contributed by atoms with E-state index in [0.29, 0.717) is 16.0 Å². The molecule has 3 aromatic rings. The highest BCUT2D eigenvalue weighted by Gasteiger charge is 2.22. The van der Waals surface area contributed by atoms with Gasteiger partial charge in [-0.1, -0.05) is 6.07 Å². The summed E-state index contributed by atoms with van der Waals surface area (Å²) in [6.45, 7) is 1.89. The summed E-state index contributed by atoms with van der Waals surface area (Å²) in [6, 6.07) is 3.74. The topological polar surface area (TPSA) is 82.0 Å². The number of methoxy groups -OCH3 is 1. The average Bonchev–Trinajstić information content (AvgIpc) is 2.93. The summed E-state index contributed by atoms with van der Waals surface area (Å²) in [6.07, 6.45) is 4.79. The number of aryl methyl sites for hydroxylation is 1. The molecule has 118 valence electrons. The van der Waals surface area contributed by atoms with E-state index in [1.54, 1.807) is 12.4 Å². The summed E-state index contributed by atoms with van der Waals surface area (Å²) in [5.41, 5.74) is 2.85. The van der Waals surface area contributed by atoms with Gasteiger partial charge in [0.15, 0.2) is 0 Å². The van der Waals surface area contributed by atoms with Crippen molar-refractivity contribution < 1.29 is 13.7 Å². The largest absolute Gasteiger partial charge is 0.465 e. The second kappa shape index (κ2) is 6.13. The molecule has 1 unspecified atom stereocenters. The van der Waals surface area contributed by atoms with Gasteiger partial charge in [0, 0.05) is 35.5 Å². The van der Waals surface area contributed by atoms with Crippen LogP contribution in [0.1, 0.15) is 15.4 Å². The molecule has 0 spiro atoms. The highest BCUT2D eigenvalue weighted by Crippen LogP contribution is 2.37. The van der Waals surface area contributed by atoms with Crippen molar-refractivity contribution in [3.63, 3.8) is 0 Å². The lowest BCUT2D eigenvalue weighted by Gasteiger charge is -2.04. The Bertz CT molecular complexity index is 920. The molecule has 0 aromatic carbocycles. The molecule has 0 aliphatic carbocycles. The number of carbonyl (C=O) groups is 1. The molecule has 23 heavy (non-hydrogen) atoms. The SMILES string of the molecule is COC(=O)c1sc2cnc(S(C)=O)nc2c1-c1ccc(C)nc1. The van der Waals surface area contributed by atoms with E-state index in [2.05, 4.69) is 15.0 Å². The molecular weight excluding hydrogens is 334 g/mol. The molecule has 0 amide bonds. The maximum Gasteiger partial charge on any atom is 0.348 e. The predicted octanol–water partition coefficient (Wildman–Crippen LogP) is 2.59. The molecule has 0 N–H and O–H groups in total. The van der Waals surface area contributed by atoms with Crippen LogP contribution in [0.3, 0.4) is 0 Å². The van der Waals surface area contributed by atoms with Crippen molar-refractivity contribution in [3.05, 3.63) is 35.1 Å². The molecule has 0 fully saturated rings. The smallest absolute Gasteiger partial charge is 0.348 e. The van der Waals surface area contributed by atoms with Crippen LogP contribution in [0.5, 0.6) is 0 Å². The summed E-state index contributed by atoms with van der Waals surface area (Å²) in [5.74, 6) is -0.442. The van der Waals surface area contributed by atoms with Gasteiger partial charge in [-0.05, 0) is 13.0 Å². The third kappa shape index (κ3) is 2.87. The van der Waals surface area contributed by atoms with Gasteiger partial charge in [0.25, 0.3) is 0 Å². The first-order valence-electron chi connectivity index (χ1n) is 6.65. The molecule has 3 rings (SSSR count). The third-order valence-corrected chi connectivity index (χ3v) is 5.04. The number of carbonyl (C=O) groups excluding carboxylic acids is 1. The Morgan fingerprint density at radius 1 is 1.26 bits per heavy atom. The number of fused-ring (bicyclic) bond motifs is 1. The van der Waals surface area contributed by atoms with E-state index < -0.39 is 16.8 Å². The molecule has 0 radical (unpaired) electrons. The van der Waals surface area contributed by atoms with Crippen molar-refractivity contribution in [2.45, 2.75) is 12.1 Å². The van der Waals surface area contributed by atoms with E-state index in [4.69, 9.17) is 4.74 Å².